The number of aliphatic carboxylic acids is 1. The van der Waals surface area contributed by atoms with Crippen LogP contribution < -0.4 is 0 Å². The summed E-state index contributed by atoms with van der Waals surface area (Å²) in [4.78, 5) is 17.0. The SMILES string of the molecule is O=C(O)Cc1coc(CCN2CCCC2)n1. The summed E-state index contributed by atoms with van der Waals surface area (Å²) in [5.74, 6) is -0.234. The highest BCUT2D eigenvalue weighted by atomic mass is 16.4. The van der Waals surface area contributed by atoms with Gasteiger partial charge in [0, 0.05) is 13.0 Å². The lowest BCUT2D eigenvalue weighted by Crippen LogP contribution is -2.22. The van der Waals surface area contributed by atoms with Crippen molar-refractivity contribution >= 4 is 5.97 Å². The average Bonchev–Trinajstić information content (AvgIpc) is 2.84. The van der Waals surface area contributed by atoms with E-state index < -0.39 is 5.97 Å². The Kier molecular flexibility index (Phi) is 3.56. The first-order chi connectivity index (χ1) is 7.74. The molecule has 1 fully saturated rings. The normalized spacial score (nSPS) is 16.8. The molecule has 0 radical (unpaired) electrons. The smallest absolute Gasteiger partial charge is 0.309 e. The molecule has 88 valence electrons. The molecule has 0 unspecified atom stereocenters. The minimum Gasteiger partial charge on any atom is -0.481 e. The van der Waals surface area contributed by atoms with Crippen LogP contribution in [0.2, 0.25) is 0 Å². The highest BCUT2D eigenvalue weighted by Gasteiger charge is 2.13. The maximum absolute atomic E-state index is 10.5. The summed E-state index contributed by atoms with van der Waals surface area (Å²) < 4.78 is 5.22. The van der Waals surface area contributed by atoms with Crippen LogP contribution in [0.5, 0.6) is 0 Å². The number of oxazole rings is 1. The van der Waals surface area contributed by atoms with Gasteiger partial charge in [0.1, 0.15) is 6.26 Å². The van der Waals surface area contributed by atoms with E-state index in [9.17, 15) is 4.79 Å². The van der Waals surface area contributed by atoms with Crippen molar-refractivity contribution in [2.45, 2.75) is 25.7 Å². The molecule has 2 heterocycles. The lowest BCUT2D eigenvalue weighted by Gasteiger charge is -2.12. The molecule has 1 aromatic heterocycles. The van der Waals surface area contributed by atoms with E-state index in [0.717, 1.165) is 26.1 Å². The number of rotatable bonds is 5. The number of likely N-dealkylation sites (tertiary alicyclic amines) is 1. The first-order valence-electron chi connectivity index (χ1n) is 5.61. The Bertz CT molecular complexity index is 356. The van der Waals surface area contributed by atoms with E-state index in [4.69, 9.17) is 9.52 Å². The molecule has 0 bridgehead atoms. The van der Waals surface area contributed by atoms with Gasteiger partial charge in [0.2, 0.25) is 0 Å². The molecule has 0 amide bonds. The van der Waals surface area contributed by atoms with Crippen LogP contribution in [0.25, 0.3) is 0 Å². The third-order valence-electron chi connectivity index (χ3n) is 2.77. The second-order valence-electron chi connectivity index (χ2n) is 4.10. The van der Waals surface area contributed by atoms with Gasteiger partial charge in [-0.3, -0.25) is 4.79 Å². The van der Waals surface area contributed by atoms with Crippen LogP contribution in [-0.4, -0.2) is 40.6 Å². The molecular weight excluding hydrogens is 208 g/mol. The lowest BCUT2D eigenvalue weighted by atomic mass is 10.3. The predicted molar refractivity (Wildman–Crippen MR) is 57.2 cm³/mol. The van der Waals surface area contributed by atoms with Crippen LogP contribution in [0.15, 0.2) is 10.7 Å². The van der Waals surface area contributed by atoms with Crippen molar-refractivity contribution < 1.29 is 14.3 Å². The van der Waals surface area contributed by atoms with Crippen molar-refractivity contribution in [2.24, 2.45) is 0 Å². The summed E-state index contributed by atoms with van der Waals surface area (Å²) in [6.45, 7) is 3.26. The lowest BCUT2D eigenvalue weighted by molar-refractivity contribution is -0.136. The highest BCUT2D eigenvalue weighted by molar-refractivity contribution is 5.69. The first-order valence-corrected chi connectivity index (χ1v) is 5.61. The fraction of sp³-hybridized carbons (Fsp3) is 0.636. The topological polar surface area (TPSA) is 66.6 Å². The van der Waals surface area contributed by atoms with E-state index in [1.54, 1.807) is 0 Å². The first kappa shape index (κ1) is 11.1. The van der Waals surface area contributed by atoms with Gasteiger partial charge in [-0.1, -0.05) is 0 Å². The van der Waals surface area contributed by atoms with Gasteiger partial charge in [0.25, 0.3) is 0 Å². The van der Waals surface area contributed by atoms with Crippen molar-refractivity contribution in [1.82, 2.24) is 9.88 Å². The van der Waals surface area contributed by atoms with Crippen LogP contribution in [0.1, 0.15) is 24.4 Å². The molecule has 0 atom stereocenters. The molecule has 0 aliphatic carbocycles. The number of carboxylic acid groups (broad SMARTS) is 1. The van der Waals surface area contributed by atoms with Crippen LogP contribution in [0.3, 0.4) is 0 Å². The summed E-state index contributed by atoms with van der Waals surface area (Å²) >= 11 is 0. The molecule has 0 aromatic carbocycles. The van der Waals surface area contributed by atoms with E-state index >= 15 is 0 Å². The summed E-state index contributed by atoms with van der Waals surface area (Å²) in [6.07, 6.45) is 4.69. The molecule has 0 saturated carbocycles. The van der Waals surface area contributed by atoms with E-state index in [2.05, 4.69) is 9.88 Å². The van der Waals surface area contributed by atoms with Crippen molar-refractivity contribution in [3.05, 3.63) is 17.8 Å². The van der Waals surface area contributed by atoms with Gasteiger partial charge in [-0.05, 0) is 25.9 Å². The fourth-order valence-corrected chi connectivity index (χ4v) is 1.96. The minimum atomic E-state index is -0.876. The average molecular weight is 224 g/mol. The Morgan fingerprint density at radius 3 is 2.94 bits per heavy atom. The molecule has 0 spiro atoms. The van der Waals surface area contributed by atoms with Crippen LogP contribution in [0, 0.1) is 0 Å². The second kappa shape index (κ2) is 5.12. The monoisotopic (exact) mass is 224 g/mol. The number of hydrogen-bond donors (Lipinski definition) is 1. The van der Waals surface area contributed by atoms with Gasteiger partial charge in [-0.2, -0.15) is 0 Å². The van der Waals surface area contributed by atoms with Gasteiger partial charge >= 0.3 is 5.97 Å². The number of carboxylic acids is 1. The highest BCUT2D eigenvalue weighted by Crippen LogP contribution is 2.09. The largest absolute Gasteiger partial charge is 0.481 e. The third kappa shape index (κ3) is 3.06. The van der Waals surface area contributed by atoms with Crippen molar-refractivity contribution in [3.63, 3.8) is 0 Å². The number of aromatic nitrogens is 1. The number of hydrogen-bond acceptors (Lipinski definition) is 4. The third-order valence-corrected chi connectivity index (χ3v) is 2.77. The van der Waals surface area contributed by atoms with Gasteiger partial charge in [-0.15, -0.1) is 0 Å². The van der Waals surface area contributed by atoms with Crippen LogP contribution >= 0.6 is 0 Å². The van der Waals surface area contributed by atoms with E-state index in [0.29, 0.717) is 11.6 Å². The fourth-order valence-electron chi connectivity index (χ4n) is 1.96. The zero-order valence-corrected chi connectivity index (χ0v) is 9.19. The summed E-state index contributed by atoms with van der Waals surface area (Å²) in [5.41, 5.74) is 0.504. The molecule has 16 heavy (non-hydrogen) atoms. The zero-order valence-electron chi connectivity index (χ0n) is 9.19. The molecule has 1 saturated heterocycles. The predicted octanol–water partition coefficient (Wildman–Crippen LogP) is 0.940. The maximum atomic E-state index is 10.5. The Morgan fingerprint density at radius 2 is 2.25 bits per heavy atom. The molecule has 1 N–H and O–H groups in total. The molecule has 5 heteroatoms. The quantitative estimate of drug-likeness (QED) is 0.806. The standard InChI is InChI=1S/C11H16N2O3/c14-11(15)7-9-8-16-10(12-9)3-6-13-4-1-2-5-13/h8H,1-7H2,(H,14,15). The van der Waals surface area contributed by atoms with Crippen LogP contribution in [0.4, 0.5) is 0 Å². The van der Waals surface area contributed by atoms with Crippen molar-refractivity contribution in [2.75, 3.05) is 19.6 Å². The summed E-state index contributed by atoms with van der Waals surface area (Å²) in [5, 5.41) is 8.59. The number of carbonyl (C=O) groups is 1. The van der Waals surface area contributed by atoms with Crippen LogP contribution in [-0.2, 0) is 17.6 Å². The van der Waals surface area contributed by atoms with E-state index in [-0.39, 0.29) is 6.42 Å². The Balaban J connectivity index is 1.80. The maximum Gasteiger partial charge on any atom is 0.309 e. The Morgan fingerprint density at radius 1 is 1.50 bits per heavy atom. The number of nitrogens with zero attached hydrogens (tertiary/aromatic N) is 2. The van der Waals surface area contributed by atoms with E-state index in [1.807, 2.05) is 0 Å². The molecule has 1 aliphatic heterocycles. The molecule has 1 aromatic rings. The van der Waals surface area contributed by atoms with Crippen molar-refractivity contribution in [3.8, 4) is 0 Å². The van der Waals surface area contributed by atoms with Crippen molar-refractivity contribution in [1.29, 1.82) is 0 Å². The Hall–Kier alpha value is -1.36. The summed E-state index contributed by atoms with van der Waals surface area (Å²) in [7, 11) is 0. The molecule has 2 rings (SSSR count). The van der Waals surface area contributed by atoms with Gasteiger partial charge in [0.15, 0.2) is 5.89 Å². The van der Waals surface area contributed by atoms with Gasteiger partial charge < -0.3 is 14.4 Å². The van der Waals surface area contributed by atoms with Gasteiger partial charge in [0.05, 0.1) is 12.1 Å². The van der Waals surface area contributed by atoms with E-state index in [1.165, 1.54) is 19.1 Å². The Labute approximate surface area is 94.1 Å². The zero-order chi connectivity index (χ0) is 11.4. The molecule has 1 aliphatic rings. The molecule has 5 nitrogen and oxygen atoms in total. The second-order valence-corrected chi connectivity index (χ2v) is 4.10. The summed E-state index contributed by atoms with van der Waals surface area (Å²) in [6, 6.07) is 0. The minimum absolute atomic E-state index is 0.0623. The molecular formula is C11H16N2O3. The van der Waals surface area contributed by atoms with Gasteiger partial charge in [-0.25, -0.2) is 4.98 Å².